The Bertz CT molecular complexity index is 1400. The third-order valence-corrected chi connectivity index (χ3v) is 12.4. The Morgan fingerprint density at radius 3 is 2.62 bits per heavy atom. The van der Waals surface area contributed by atoms with E-state index < -0.39 is 19.9 Å². The second-order valence-corrected chi connectivity index (χ2v) is 16.1. The molecule has 3 fully saturated rings. The average molecular weight is 568 g/mol. The molecule has 1 aromatic heterocycles. The summed E-state index contributed by atoms with van der Waals surface area (Å²) in [6.07, 6.45) is 9.94. The fourth-order valence-corrected chi connectivity index (χ4v) is 10.6. The summed E-state index contributed by atoms with van der Waals surface area (Å²) in [6.45, 7) is 0.639. The van der Waals surface area contributed by atoms with Crippen LogP contribution in [0.3, 0.4) is 0 Å². The zero-order valence-electron chi connectivity index (χ0n) is 20.8. The van der Waals surface area contributed by atoms with Crippen molar-refractivity contribution in [1.29, 1.82) is 0 Å². The van der Waals surface area contributed by atoms with Crippen LogP contribution < -0.4 is 5.32 Å². The lowest BCUT2D eigenvalue weighted by Crippen LogP contribution is -2.55. The largest absolute Gasteiger partial charge is 0.511 e. The standard InChI is InChI=1S/C25H33N3O6S3/c1-36(31,32)10-9-17-13-35-24-22(17)37(33,34)27-23(26-24)19-21(29)18-15-7-8-16(11-15)20(18)28(25(19)30)12-14-5-3-2-4-6-14/h13-16,18,20,29H,2-12H2,1H3,(H,26,27)/t15-,16+,18?,20?/m0/s1. The number of carbonyl (C=O) groups is 1. The van der Waals surface area contributed by atoms with Crippen LogP contribution in [0.1, 0.15) is 56.9 Å². The molecule has 3 saturated carbocycles. The third-order valence-electron chi connectivity index (χ3n) is 8.96. The third kappa shape index (κ3) is 4.42. The van der Waals surface area contributed by atoms with Crippen molar-refractivity contribution in [3.8, 4) is 0 Å². The number of sulfone groups is 1. The van der Waals surface area contributed by atoms with E-state index in [1.807, 2.05) is 4.90 Å². The van der Waals surface area contributed by atoms with Gasteiger partial charge in [-0.25, -0.2) is 8.42 Å². The molecular weight excluding hydrogens is 534 g/mol. The van der Waals surface area contributed by atoms with Crippen LogP contribution in [0.25, 0.3) is 0 Å². The number of amides is 1. The lowest BCUT2D eigenvalue weighted by atomic mass is 9.77. The number of hydrogen-bond donors (Lipinski definition) is 2. The van der Waals surface area contributed by atoms with Crippen molar-refractivity contribution in [3.05, 3.63) is 22.3 Å². The van der Waals surface area contributed by atoms with Gasteiger partial charge in [0.1, 0.15) is 31.1 Å². The van der Waals surface area contributed by atoms with Crippen LogP contribution >= 0.6 is 11.3 Å². The van der Waals surface area contributed by atoms with Gasteiger partial charge in [0, 0.05) is 24.8 Å². The molecule has 0 aromatic carbocycles. The zero-order valence-corrected chi connectivity index (χ0v) is 23.3. The lowest BCUT2D eigenvalue weighted by molar-refractivity contribution is -0.134. The molecule has 3 heterocycles. The molecule has 2 N–H and O–H groups in total. The summed E-state index contributed by atoms with van der Waals surface area (Å²) in [5, 5.41) is 16.4. The van der Waals surface area contributed by atoms with Crippen LogP contribution in [0.2, 0.25) is 0 Å². The molecule has 37 heavy (non-hydrogen) atoms. The first-order valence-corrected chi connectivity index (χ1v) is 17.6. The van der Waals surface area contributed by atoms with Crippen molar-refractivity contribution in [2.75, 3.05) is 23.9 Å². The van der Waals surface area contributed by atoms with E-state index in [9.17, 15) is 26.7 Å². The van der Waals surface area contributed by atoms with E-state index in [2.05, 4.69) is 9.71 Å². The molecule has 6 rings (SSSR count). The van der Waals surface area contributed by atoms with Gasteiger partial charge in [0.25, 0.3) is 15.9 Å². The lowest BCUT2D eigenvalue weighted by Gasteiger charge is -2.45. The Labute approximate surface area is 222 Å². The monoisotopic (exact) mass is 567 g/mol. The number of hydrogen-bond acceptors (Lipinski definition) is 8. The van der Waals surface area contributed by atoms with E-state index in [1.165, 1.54) is 6.42 Å². The van der Waals surface area contributed by atoms with Crippen LogP contribution in [-0.2, 0) is 31.1 Å². The highest BCUT2D eigenvalue weighted by molar-refractivity contribution is 7.91. The number of thiophene rings is 1. The fourth-order valence-electron chi connectivity index (χ4n) is 7.35. The molecule has 1 aromatic rings. The Balaban J connectivity index is 1.36. The second kappa shape index (κ2) is 9.08. The first-order valence-electron chi connectivity index (χ1n) is 13.2. The minimum Gasteiger partial charge on any atom is -0.511 e. The molecule has 9 nitrogen and oxygen atoms in total. The van der Waals surface area contributed by atoms with E-state index in [1.54, 1.807) is 5.38 Å². The van der Waals surface area contributed by atoms with Crippen LogP contribution in [-0.4, -0.2) is 63.2 Å². The predicted octanol–water partition coefficient (Wildman–Crippen LogP) is 3.50. The number of rotatable bonds is 6. The number of fused-ring (bicyclic) bond motifs is 6. The van der Waals surface area contributed by atoms with Crippen LogP contribution in [0.15, 0.2) is 26.0 Å². The van der Waals surface area contributed by atoms with Gasteiger partial charge in [0.2, 0.25) is 0 Å². The van der Waals surface area contributed by atoms with Crippen LogP contribution in [0.5, 0.6) is 0 Å². The number of anilines is 1. The highest BCUT2D eigenvalue weighted by atomic mass is 32.2. The number of aliphatic hydroxyl groups is 1. The topological polar surface area (TPSA) is 133 Å². The maximum atomic E-state index is 14.0. The van der Waals surface area contributed by atoms with Crippen molar-refractivity contribution >= 4 is 47.9 Å². The van der Waals surface area contributed by atoms with E-state index in [0.29, 0.717) is 28.9 Å². The van der Waals surface area contributed by atoms with Gasteiger partial charge in [-0.05, 0) is 67.2 Å². The smallest absolute Gasteiger partial charge is 0.287 e. The van der Waals surface area contributed by atoms with Gasteiger partial charge in [0.05, 0.1) is 5.75 Å². The molecular formula is C25H33N3O6S3. The molecule has 0 saturated heterocycles. The fraction of sp³-hybridized carbons (Fsp3) is 0.680. The zero-order chi connectivity index (χ0) is 26.1. The molecule has 2 aliphatic heterocycles. The molecule has 4 atom stereocenters. The Hall–Kier alpha value is -1.92. The minimum atomic E-state index is -4.19. The normalized spacial score (nSPS) is 31.2. The summed E-state index contributed by atoms with van der Waals surface area (Å²) in [5.41, 5.74) is 0.367. The SMILES string of the molecule is CS(=O)(=O)CCc1csc2c1S(=O)(=O)N=C(C1=C(O)C3C([C@@H]4CC[C@H]3C4)N(CC3CCCCC3)C1=O)N2. The predicted molar refractivity (Wildman–Crippen MR) is 142 cm³/mol. The quantitative estimate of drug-likeness (QED) is 0.538. The summed E-state index contributed by atoms with van der Waals surface area (Å²) < 4.78 is 53.9. The number of amidine groups is 1. The highest BCUT2D eigenvalue weighted by Crippen LogP contribution is 2.55. The number of aliphatic hydroxyl groups excluding tert-OH is 1. The second-order valence-electron chi connectivity index (χ2n) is 11.4. The van der Waals surface area contributed by atoms with E-state index in [4.69, 9.17) is 0 Å². The molecule has 12 heteroatoms. The summed E-state index contributed by atoms with van der Waals surface area (Å²) in [5.74, 6) is 0.236. The van der Waals surface area contributed by atoms with Gasteiger partial charge in [-0.1, -0.05) is 19.3 Å². The van der Waals surface area contributed by atoms with Crippen molar-refractivity contribution in [2.45, 2.75) is 68.7 Å². The van der Waals surface area contributed by atoms with E-state index >= 15 is 0 Å². The molecule has 2 bridgehead atoms. The van der Waals surface area contributed by atoms with Gasteiger partial charge in [-0.15, -0.1) is 15.7 Å². The number of aryl methyl sites for hydroxylation is 1. The van der Waals surface area contributed by atoms with Crippen LogP contribution in [0, 0.1) is 23.7 Å². The maximum Gasteiger partial charge on any atom is 0.287 e. The van der Waals surface area contributed by atoms with Crippen molar-refractivity contribution in [2.24, 2.45) is 28.1 Å². The number of nitrogens with one attached hydrogen (secondary N) is 1. The Morgan fingerprint density at radius 1 is 1.16 bits per heavy atom. The molecule has 202 valence electrons. The van der Waals surface area contributed by atoms with Crippen LogP contribution in [0.4, 0.5) is 5.00 Å². The first kappa shape index (κ1) is 25.4. The van der Waals surface area contributed by atoms with Crippen molar-refractivity contribution < 1.29 is 26.7 Å². The number of nitrogens with zero attached hydrogens (tertiary/aromatic N) is 2. The Kier molecular flexibility index (Phi) is 6.23. The summed E-state index contributed by atoms with van der Waals surface area (Å²) >= 11 is 1.14. The molecule has 0 radical (unpaired) electrons. The van der Waals surface area contributed by atoms with E-state index in [0.717, 1.165) is 62.5 Å². The van der Waals surface area contributed by atoms with Gasteiger partial charge in [-0.2, -0.15) is 8.42 Å². The van der Waals surface area contributed by atoms with Gasteiger partial charge < -0.3 is 15.3 Å². The van der Waals surface area contributed by atoms with Crippen molar-refractivity contribution in [1.82, 2.24) is 4.90 Å². The first-order chi connectivity index (χ1) is 17.5. The highest BCUT2D eigenvalue weighted by Gasteiger charge is 2.57. The molecule has 1 amide bonds. The number of carbonyl (C=O) groups excluding carboxylic acids is 1. The van der Waals surface area contributed by atoms with Gasteiger partial charge >= 0.3 is 0 Å². The summed E-state index contributed by atoms with van der Waals surface area (Å²) in [6, 6.07) is -0.0300. The van der Waals surface area contributed by atoms with Crippen molar-refractivity contribution in [3.63, 3.8) is 0 Å². The molecule has 3 aliphatic carbocycles. The number of sulfonamides is 1. The summed E-state index contributed by atoms with van der Waals surface area (Å²) in [4.78, 5) is 15.9. The maximum absolute atomic E-state index is 14.0. The molecule has 0 spiro atoms. The minimum absolute atomic E-state index is 0.0232. The molecule has 5 aliphatic rings. The van der Waals surface area contributed by atoms with Gasteiger partial charge in [-0.3, -0.25) is 4.79 Å². The Morgan fingerprint density at radius 2 is 1.89 bits per heavy atom. The van der Waals surface area contributed by atoms with Gasteiger partial charge in [0.15, 0.2) is 5.84 Å². The van der Waals surface area contributed by atoms with E-state index in [-0.39, 0.29) is 58.0 Å². The summed E-state index contributed by atoms with van der Waals surface area (Å²) in [7, 11) is -7.47. The molecule has 2 unspecified atom stereocenters. The average Bonchev–Trinajstić information content (AvgIpc) is 3.55.